The van der Waals surface area contributed by atoms with E-state index in [-0.39, 0.29) is 0 Å². The van der Waals surface area contributed by atoms with Crippen LogP contribution in [-0.2, 0) is 6.54 Å². The molecule has 2 aromatic rings. The molecular weight excluding hydrogens is 218 g/mol. The smallest absolute Gasteiger partial charge is 0.163 e. The van der Waals surface area contributed by atoms with E-state index in [1.165, 1.54) is 0 Å². The molecule has 1 aromatic heterocycles. The molecule has 1 aromatic carbocycles. The van der Waals surface area contributed by atoms with E-state index in [0.29, 0.717) is 30.3 Å². The second-order valence-electron chi connectivity index (χ2n) is 3.53. The summed E-state index contributed by atoms with van der Waals surface area (Å²) in [5.41, 5.74) is 6.35. The van der Waals surface area contributed by atoms with Crippen LogP contribution in [0.4, 0.5) is 5.69 Å². The van der Waals surface area contributed by atoms with Crippen LogP contribution in [0.15, 0.2) is 36.7 Å². The number of hydrogen-bond donors (Lipinski definition) is 1. The zero-order chi connectivity index (χ0) is 12.1. The van der Waals surface area contributed by atoms with Crippen LogP contribution in [0.5, 0.6) is 11.5 Å². The summed E-state index contributed by atoms with van der Waals surface area (Å²) in [7, 11) is 1.60. The minimum absolute atomic E-state index is 0.515. The van der Waals surface area contributed by atoms with Gasteiger partial charge in [0.05, 0.1) is 13.7 Å². The van der Waals surface area contributed by atoms with Crippen LogP contribution >= 0.6 is 0 Å². The summed E-state index contributed by atoms with van der Waals surface area (Å²) in [6.07, 6.45) is 3.63. The van der Waals surface area contributed by atoms with Crippen molar-refractivity contribution in [3.8, 4) is 11.5 Å². The Morgan fingerprint density at radius 3 is 2.94 bits per heavy atom. The first-order valence-corrected chi connectivity index (χ1v) is 5.33. The van der Waals surface area contributed by atoms with Gasteiger partial charge in [-0.15, -0.1) is 0 Å². The minimum Gasteiger partial charge on any atom is -0.493 e. The molecular formula is C12H15N3O2. The Labute approximate surface area is 99.8 Å². The predicted octanol–water partition coefficient (Wildman–Crippen LogP) is 1.55. The molecule has 5 heteroatoms. The molecule has 0 fully saturated rings. The fourth-order valence-electron chi connectivity index (χ4n) is 1.49. The first-order valence-electron chi connectivity index (χ1n) is 5.33. The highest BCUT2D eigenvalue weighted by molar-refractivity contribution is 5.51. The van der Waals surface area contributed by atoms with Gasteiger partial charge in [-0.3, -0.25) is 4.68 Å². The molecule has 2 rings (SSSR count). The Bertz CT molecular complexity index is 469. The van der Waals surface area contributed by atoms with E-state index in [0.717, 1.165) is 0 Å². The summed E-state index contributed by atoms with van der Waals surface area (Å²) >= 11 is 0. The molecule has 0 saturated carbocycles. The van der Waals surface area contributed by atoms with Crippen LogP contribution < -0.4 is 15.2 Å². The lowest BCUT2D eigenvalue weighted by atomic mass is 10.3. The van der Waals surface area contributed by atoms with E-state index in [2.05, 4.69) is 5.10 Å². The molecule has 0 bridgehead atoms. The molecule has 2 N–H and O–H groups in total. The van der Waals surface area contributed by atoms with Crippen molar-refractivity contribution in [1.29, 1.82) is 0 Å². The van der Waals surface area contributed by atoms with E-state index in [9.17, 15) is 0 Å². The molecule has 1 heterocycles. The van der Waals surface area contributed by atoms with Crippen molar-refractivity contribution in [1.82, 2.24) is 9.78 Å². The Balaban J connectivity index is 1.96. The topological polar surface area (TPSA) is 62.3 Å². The lowest BCUT2D eigenvalue weighted by Crippen LogP contribution is -2.09. The number of hydrogen-bond acceptors (Lipinski definition) is 4. The van der Waals surface area contributed by atoms with E-state index >= 15 is 0 Å². The zero-order valence-electron chi connectivity index (χ0n) is 9.67. The number of nitrogen functional groups attached to an aromatic ring is 1. The maximum atomic E-state index is 5.70. The van der Waals surface area contributed by atoms with E-state index in [1.54, 1.807) is 36.2 Å². The van der Waals surface area contributed by atoms with E-state index < -0.39 is 0 Å². The molecule has 0 radical (unpaired) electrons. The van der Waals surface area contributed by atoms with Crippen LogP contribution in [0.1, 0.15) is 0 Å². The third-order valence-electron chi connectivity index (χ3n) is 2.32. The number of ether oxygens (including phenoxy) is 2. The average molecular weight is 233 g/mol. The van der Waals surface area contributed by atoms with Crippen LogP contribution in [0.25, 0.3) is 0 Å². The lowest BCUT2D eigenvalue weighted by Gasteiger charge is -2.11. The number of benzene rings is 1. The Kier molecular flexibility index (Phi) is 3.49. The molecule has 0 aliphatic rings. The number of rotatable bonds is 5. The van der Waals surface area contributed by atoms with Crippen molar-refractivity contribution < 1.29 is 9.47 Å². The van der Waals surface area contributed by atoms with Gasteiger partial charge in [0.2, 0.25) is 0 Å². The largest absolute Gasteiger partial charge is 0.493 e. The van der Waals surface area contributed by atoms with Crippen molar-refractivity contribution in [3.63, 3.8) is 0 Å². The van der Waals surface area contributed by atoms with Crippen molar-refractivity contribution in [2.75, 3.05) is 19.5 Å². The SMILES string of the molecule is COc1ccc(N)cc1OCCn1cccn1. The molecule has 0 saturated heterocycles. The van der Waals surface area contributed by atoms with Gasteiger partial charge >= 0.3 is 0 Å². The summed E-state index contributed by atoms with van der Waals surface area (Å²) in [5, 5.41) is 4.09. The van der Waals surface area contributed by atoms with Gasteiger partial charge in [-0.05, 0) is 18.2 Å². The number of anilines is 1. The van der Waals surface area contributed by atoms with E-state index in [4.69, 9.17) is 15.2 Å². The van der Waals surface area contributed by atoms with E-state index in [1.807, 2.05) is 12.3 Å². The Morgan fingerprint density at radius 1 is 1.35 bits per heavy atom. The fraction of sp³-hybridized carbons (Fsp3) is 0.250. The summed E-state index contributed by atoms with van der Waals surface area (Å²) in [5.74, 6) is 1.33. The zero-order valence-corrected chi connectivity index (χ0v) is 9.67. The highest BCUT2D eigenvalue weighted by Crippen LogP contribution is 2.28. The van der Waals surface area contributed by atoms with Gasteiger partial charge in [0, 0.05) is 24.1 Å². The predicted molar refractivity (Wildman–Crippen MR) is 65.1 cm³/mol. The maximum Gasteiger partial charge on any atom is 0.163 e. The molecule has 0 aliphatic carbocycles. The molecule has 0 unspecified atom stereocenters. The molecule has 0 aliphatic heterocycles. The van der Waals surface area contributed by atoms with Gasteiger partial charge < -0.3 is 15.2 Å². The minimum atomic E-state index is 0.515. The first-order chi connectivity index (χ1) is 8.29. The molecule has 0 atom stereocenters. The third kappa shape index (κ3) is 2.90. The normalized spacial score (nSPS) is 10.2. The molecule has 0 amide bonds. The van der Waals surface area contributed by atoms with Gasteiger partial charge in [0.1, 0.15) is 6.61 Å². The number of aromatic nitrogens is 2. The van der Waals surface area contributed by atoms with Gasteiger partial charge in [-0.2, -0.15) is 5.10 Å². The number of nitrogens with zero attached hydrogens (tertiary/aromatic N) is 2. The van der Waals surface area contributed by atoms with Crippen molar-refractivity contribution >= 4 is 5.69 Å². The van der Waals surface area contributed by atoms with Crippen LogP contribution in [0.2, 0.25) is 0 Å². The van der Waals surface area contributed by atoms with Gasteiger partial charge in [0.25, 0.3) is 0 Å². The van der Waals surface area contributed by atoms with Crippen LogP contribution in [0, 0.1) is 0 Å². The molecule has 0 spiro atoms. The molecule has 90 valence electrons. The Morgan fingerprint density at radius 2 is 2.24 bits per heavy atom. The van der Waals surface area contributed by atoms with Crippen molar-refractivity contribution in [2.45, 2.75) is 6.54 Å². The van der Waals surface area contributed by atoms with Gasteiger partial charge in [-0.1, -0.05) is 0 Å². The Hall–Kier alpha value is -2.17. The summed E-state index contributed by atoms with van der Waals surface area (Å²) in [6.45, 7) is 1.20. The third-order valence-corrected chi connectivity index (χ3v) is 2.32. The maximum absolute atomic E-state index is 5.70. The van der Waals surface area contributed by atoms with Crippen LogP contribution in [0.3, 0.4) is 0 Å². The number of methoxy groups -OCH3 is 1. The van der Waals surface area contributed by atoms with Crippen molar-refractivity contribution in [2.24, 2.45) is 0 Å². The summed E-state index contributed by atoms with van der Waals surface area (Å²) in [4.78, 5) is 0. The summed E-state index contributed by atoms with van der Waals surface area (Å²) in [6, 6.07) is 7.20. The average Bonchev–Trinajstić information content (AvgIpc) is 2.82. The second kappa shape index (κ2) is 5.25. The monoisotopic (exact) mass is 233 g/mol. The van der Waals surface area contributed by atoms with Crippen LogP contribution in [-0.4, -0.2) is 23.5 Å². The fourth-order valence-corrected chi connectivity index (χ4v) is 1.49. The number of nitrogens with two attached hydrogens (primary N) is 1. The molecule has 17 heavy (non-hydrogen) atoms. The highest BCUT2D eigenvalue weighted by atomic mass is 16.5. The highest BCUT2D eigenvalue weighted by Gasteiger charge is 2.04. The van der Waals surface area contributed by atoms with Gasteiger partial charge in [-0.25, -0.2) is 0 Å². The second-order valence-corrected chi connectivity index (χ2v) is 3.53. The first kappa shape index (κ1) is 11.3. The lowest BCUT2D eigenvalue weighted by molar-refractivity contribution is 0.274. The quantitative estimate of drug-likeness (QED) is 0.796. The van der Waals surface area contributed by atoms with Gasteiger partial charge in [0.15, 0.2) is 11.5 Å². The summed E-state index contributed by atoms with van der Waals surface area (Å²) < 4.78 is 12.6. The standard InChI is InChI=1S/C12H15N3O2/c1-16-11-4-3-10(13)9-12(11)17-8-7-15-6-2-5-14-15/h2-6,9H,7-8,13H2,1H3. The molecule has 5 nitrogen and oxygen atoms in total. The van der Waals surface area contributed by atoms with Crippen molar-refractivity contribution in [3.05, 3.63) is 36.7 Å².